The zero-order valence-corrected chi connectivity index (χ0v) is 18.3. The lowest BCUT2D eigenvalue weighted by atomic mass is 10.1. The molecule has 8 nitrogen and oxygen atoms in total. The van der Waals surface area contributed by atoms with Crippen molar-refractivity contribution in [1.82, 2.24) is 4.98 Å². The Morgan fingerprint density at radius 2 is 1.79 bits per heavy atom. The summed E-state index contributed by atoms with van der Waals surface area (Å²) < 4.78 is 38.9. The van der Waals surface area contributed by atoms with Gasteiger partial charge in [-0.05, 0) is 51.7 Å². The number of H-pyrrole nitrogens is 1. The Morgan fingerprint density at radius 3 is 2.28 bits per heavy atom. The summed E-state index contributed by atoms with van der Waals surface area (Å²) in [6.45, 7) is 7.41. The van der Waals surface area contributed by atoms with Gasteiger partial charge >= 0.3 is 5.97 Å². The number of ether oxygens (including phenoxy) is 1. The molecule has 0 amide bonds. The number of hydrogen-bond donors (Lipinski definition) is 2. The van der Waals surface area contributed by atoms with Crippen LogP contribution in [0.5, 0.6) is 0 Å². The van der Waals surface area contributed by atoms with Gasteiger partial charge in [0.1, 0.15) is 16.3 Å². The van der Waals surface area contributed by atoms with E-state index in [-0.39, 0.29) is 10.9 Å². The molecule has 0 saturated carbocycles. The maximum atomic E-state index is 11.0. The number of nitrogens with zero attached hydrogens (tertiary/aromatic N) is 1. The van der Waals surface area contributed by atoms with E-state index < -0.39 is 10.1 Å². The van der Waals surface area contributed by atoms with Crippen LogP contribution in [0.15, 0.2) is 29.4 Å². The Balaban J connectivity index is 0.000000296. The summed E-state index contributed by atoms with van der Waals surface area (Å²) in [5, 5.41) is 0. The van der Waals surface area contributed by atoms with Crippen molar-refractivity contribution in [3.63, 3.8) is 0 Å². The third kappa shape index (κ3) is 8.66. The number of carbonyl (C=O) groups excluding carboxylic acids is 1. The Morgan fingerprint density at radius 1 is 1.17 bits per heavy atom. The molecule has 1 aromatic carbocycles. The average Bonchev–Trinajstić information content (AvgIpc) is 2.98. The highest BCUT2D eigenvalue weighted by Crippen LogP contribution is 2.20. The van der Waals surface area contributed by atoms with Crippen LogP contribution in [0.25, 0.3) is 0 Å². The van der Waals surface area contributed by atoms with E-state index in [2.05, 4.69) is 4.98 Å². The molecule has 0 aliphatic rings. The highest BCUT2D eigenvalue weighted by molar-refractivity contribution is 7.85. The second kappa shape index (κ2) is 11.6. The lowest BCUT2D eigenvalue weighted by Gasteiger charge is -2.14. The minimum absolute atomic E-state index is 0.0851. The average molecular weight is 426 g/mol. The number of aromatic nitrogens is 2. The Labute approximate surface area is 172 Å². The van der Waals surface area contributed by atoms with E-state index in [1.807, 2.05) is 20.0 Å². The fourth-order valence-electron chi connectivity index (χ4n) is 3.11. The van der Waals surface area contributed by atoms with E-state index >= 15 is 0 Å². The number of nitrogen functional groups attached to an aromatic ring is 1. The van der Waals surface area contributed by atoms with Crippen molar-refractivity contribution in [3.05, 3.63) is 47.0 Å². The summed E-state index contributed by atoms with van der Waals surface area (Å²) in [5.74, 6) is 6.56. The lowest BCUT2D eigenvalue weighted by Crippen LogP contribution is -2.46. The van der Waals surface area contributed by atoms with Crippen molar-refractivity contribution in [2.45, 2.75) is 64.7 Å². The highest BCUT2D eigenvalue weighted by Gasteiger charge is 2.09. The molecule has 1 heterocycles. The summed E-state index contributed by atoms with van der Waals surface area (Å²) in [6.07, 6.45) is 7.94. The van der Waals surface area contributed by atoms with Crippen LogP contribution in [0.3, 0.4) is 0 Å². The number of unbranched alkanes of at least 4 members (excludes halogenated alkanes) is 2. The van der Waals surface area contributed by atoms with Crippen molar-refractivity contribution < 1.29 is 27.2 Å². The van der Waals surface area contributed by atoms with Crippen molar-refractivity contribution >= 4 is 16.1 Å². The van der Waals surface area contributed by atoms with Crippen molar-refractivity contribution in [1.29, 1.82) is 0 Å². The van der Waals surface area contributed by atoms with Gasteiger partial charge < -0.3 is 9.29 Å². The number of rotatable bonds is 8. The number of nitrogens with one attached hydrogen (secondary N) is 1. The second-order valence-corrected chi connectivity index (χ2v) is 8.18. The third-order valence-corrected chi connectivity index (χ3v) is 5.40. The SMILES string of the molecule is CCOC(=O)CCCCCc1[nH]cc[n+]1N.Cc1cc(C)c(S(=O)(=O)[O-])c(C)c1. The van der Waals surface area contributed by atoms with Gasteiger partial charge in [-0.3, -0.25) is 10.6 Å². The van der Waals surface area contributed by atoms with Crippen LogP contribution in [0, 0.1) is 20.8 Å². The van der Waals surface area contributed by atoms with Gasteiger partial charge in [0.25, 0.3) is 5.82 Å². The van der Waals surface area contributed by atoms with Crippen LogP contribution in [-0.2, 0) is 26.1 Å². The molecule has 2 aromatic rings. The molecule has 1 aromatic heterocycles. The predicted octanol–water partition coefficient (Wildman–Crippen LogP) is 2.20. The van der Waals surface area contributed by atoms with Gasteiger partial charge in [-0.25, -0.2) is 13.4 Å². The van der Waals surface area contributed by atoms with Gasteiger partial charge in [0.05, 0.1) is 17.9 Å². The van der Waals surface area contributed by atoms with Crippen molar-refractivity contribution in [3.8, 4) is 0 Å². The van der Waals surface area contributed by atoms with Gasteiger partial charge in [0.2, 0.25) is 0 Å². The van der Waals surface area contributed by atoms with Crippen LogP contribution in [0.2, 0.25) is 0 Å². The van der Waals surface area contributed by atoms with E-state index in [1.165, 1.54) is 0 Å². The van der Waals surface area contributed by atoms with Crippen LogP contribution in [-0.4, -0.2) is 30.5 Å². The number of esters is 1. The molecule has 0 unspecified atom stereocenters. The fraction of sp³-hybridized carbons (Fsp3) is 0.500. The zero-order chi connectivity index (χ0) is 22.0. The molecule has 3 N–H and O–H groups in total. The number of hydrogen-bond acceptors (Lipinski definition) is 6. The molecular formula is C20H31N3O5S. The molecular weight excluding hydrogens is 394 g/mol. The first-order chi connectivity index (χ1) is 13.6. The zero-order valence-electron chi connectivity index (χ0n) is 17.5. The summed E-state index contributed by atoms with van der Waals surface area (Å²) in [6, 6.07) is 3.38. The molecule has 2 rings (SSSR count). The van der Waals surface area contributed by atoms with Gasteiger partial charge in [-0.2, -0.15) is 0 Å². The summed E-state index contributed by atoms with van der Waals surface area (Å²) in [7, 11) is -4.33. The molecule has 9 heteroatoms. The van der Waals surface area contributed by atoms with Gasteiger partial charge in [-0.1, -0.05) is 24.1 Å². The molecule has 0 bridgehead atoms. The number of aryl methyl sites for hydroxylation is 4. The molecule has 0 fully saturated rings. The van der Waals surface area contributed by atoms with Gasteiger partial charge in [-0.15, -0.1) is 4.68 Å². The van der Waals surface area contributed by atoms with Crippen molar-refractivity contribution in [2.24, 2.45) is 0 Å². The standard InChI is InChI=1S/C11H19N3O2.C9H12O3S/c1-2-16-11(15)7-5-3-4-6-10-13-8-9-14(10)12;1-6-4-7(2)9(8(3)5-6)13(10,11)12/h8-9H,2-7,12H2,1H3;4-5H,1-3H3,(H,10,11,12). The van der Waals surface area contributed by atoms with Crippen LogP contribution in [0.1, 0.15) is 55.1 Å². The van der Waals surface area contributed by atoms with E-state index in [1.54, 1.807) is 36.9 Å². The maximum absolute atomic E-state index is 11.0. The summed E-state index contributed by atoms with van der Waals surface area (Å²) in [5.41, 5.74) is 2.00. The number of benzene rings is 1. The molecule has 0 radical (unpaired) electrons. The number of aromatic amines is 1. The summed E-state index contributed by atoms with van der Waals surface area (Å²) >= 11 is 0. The minimum Gasteiger partial charge on any atom is -0.744 e. The van der Waals surface area contributed by atoms with E-state index in [9.17, 15) is 17.8 Å². The topological polar surface area (TPSA) is 129 Å². The Hall–Kier alpha value is -2.39. The van der Waals surface area contributed by atoms with Crippen LogP contribution in [0.4, 0.5) is 0 Å². The van der Waals surface area contributed by atoms with E-state index in [0.717, 1.165) is 37.1 Å². The van der Waals surface area contributed by atoms with Gasteiger partial charge in [0.15, 0.2) is 6.20 Å². The lowest BCUT2D eigenvalue weighted by molar-refractivity contribution is -0.645. The molecule has 0 atom stereocenters. The first-order valence-electron chi connectivity index (χ1n) is 9.58. The summed E-state index contributed by atoms with van der Waals surface area (Å²) in [4.78, 5) is 14.0. The maximum Gasteiger partial charge on any atom is 0.305 e. The molecule has 0 aliphatic heterocycles. The molecule has 0 saturated heterocycles. The van der Waals surface area contributed by atoms with Crippen LogP contribution < -0.4 is 10.5 Å². The largest absolute Gasteiger partial charge is 0.744 e. The molecule has 0 spiro atoms. The Kier molecular flexibility index (Phi) is 9.84. The Bertz CT molecular complexity index is 884. The normalized spacial score (nSPS) is 10.9. The third-order valence-electron chi connectivity index (χ3n) is 4.25. The monoisotopic (exact) mass is 425 g/mol. The first kappa shape index (κ1) is 24.6. The first-order valence-corrected chi connectivity index (χ1v) is 11.0. The number of nitrogens with two attached hydrogens (primary N) is 1. The number of carbonyl (C=O) groups is 1. The van der Waals surface area contributed by atoms with Gasteiger partial charge in [0, 0.05) is 6.42 Å². The number of imidazole rings is 1. The smallest absolute Gasteiger partial charge is 0.305 e. The molecule has 29 heavy (non-hydrogen) atoms. The van der Waals surface area contributed by atoms with E-state index in [0.29, 0.717) is 24.2 Å². The fourth-order valence-corrected chi connectivity index (χ4v) is 4.02. The molecule has 162 valence electrons. The van der Waals surface area contributed by atoms with Crippen LogP contribution >= 0.6 is 0 Å². The highest BCUT2D eigenvalue weighted by atomic mass is 32.2. The second-order valence-electron chi connectivity index (χ2n) is 6.86. The van der Waals surface area contributed by atoms with E-state index in [4.69, 9.17) is 10.6 Å². The predicted molar refractivity (Wildman–Crippen MR) is 109 cm³/mol. The molecule has 0 aliphatic carbocycles. The quantitative estimate of drug-likeness (QED) is 0.219. The van der Waals surface area contributed by atoms with Crippen molar-refractivity contribution in [2.75, 3.05) is 12.4 Å². The minimum atomic E-state index is -4.33.